The molecule has 194 valence electrons. The number of rotatable bonds is 8. The Bertz CT molecular complexity index is 1310. The van der Waals surface area contributed by atoms with E-state index in [1.807, 2.05) is 43.5 Å². The van der Waals surface area contributed by atoms with Gasteiger partial charge in [0.25, 0.3) is 5.91 Å². The molecule has 1 fully saturated rings. The normalized spacial score (nSPS) is 19.2. The number of sulfonamides is 1. The van der Waals surface area contributed by atoms with Gasteiger partial charge in [0.05, 0.1) is 15.1 Å². The SMILES string of the molecule is CSc1cccc2sc(N(CCN(C)C)C(=O)c3ccc(S(=O)(=O)N4CC(C)CC(C)C4)cc3)nc12. The van der Waals surface area contributed by atoms with E-state index in [2.05, 4.69) is 13.8 Å². The van der Waals surface area contributed by atoms with Crippen LogP contribution in [0.5, 0.6) is 0 Å². The van der Waals surface area contributed by atoms with Crippen LogP contribution in [-0.4, -0.2) is 75.0 Å². The number of piperidine rings is 1. The Morgan fingerprint density at radius 3 is 2.36 bits per heavy atom. The first-order valence-corrected chi connectivity index (χ1v) is 15.6. The quantitative estimate of drug-likeness (QED) is 0.375. The van der Waals surface area contributed by atoms with Gasteiger partial charge in [-0.1, -0.05) is 31.3 Å². The van der Waals surface area contributed by atoms with Crippen LogP contribution in [0.3, 0.4) is 0 Å². The van der Waals surface area contributed by atoms with Crippen molar-refractivity contribution in [2.24, 2.45) is 11.8 Å². The van der Waals surface area contributed by atoms with Gasteiger partial charge < -0.3 is 4.90 Å². The molecule has 3 aromatic rings. The molecule has 10 heteroatoms. The van der Waals surface area contributed by atoms with Gasteiger partial charge in [0.1, 0.15) is 0 Å². The van der Waals surface area contributed by atoms with Crippen molar-refractivity contribution in [2.75, 3.05) is 51.4 Å². The number of amides is 1. The van der Waals surface area contributed by atoms with Crippen LogP contribution < -0.4 is 4.90 Å². The van der Waals surface area contributed by atoms with Crippen LogP contribution in [0.2, 0.25) is 0 Å². The molecule has 4 rings (SSSR count). The molecule has 0 saturated carbocycles. The number of thioether (sulfide) groups is 1. The summed E-state index contributed by atoms with van der Waals surface area (Å²) in [6.07, 6.45) is 3.05. The molecule has 36 heavy (non-hydrogen) atoms. The smallest absolute Gasteiger partial charge is 0.260 e. The maximum absolute atomic E-state index is 13.6. The number of nitrogens with zero attached hydrogens (tertiary/aromatic N) is 4. The van der Waals surface area contributed by atoms with Crippen molar-refractivity contribution in [3.63, 3.8) is 0 Å². The first-order chi connectivity index (χ1) is 17.1. The predicted octanol–water partition coefficient (Wildman–Crippen LogP) is 4.89. The molecule has 1 amide bonds. The largest absolute Gasteiger partial charge is 0.308 e. The number of thiazole rings is 1. The maximum atomic E-state index is 13.6. The summed E-state index contributed by atoms with van der Waals surface area (Å²) in [7, 11) is 0.334. The summed E-state index contributed by atoms with van der Waals surface area (Å²) in [4.78, 5) is 23.5. The molecule has 2 unspecified atom stereocenters. The predicted molar refractivity (Wildman–Crippen MR) is 150 cm³/mol. The van der Waals surface area contributed by atoms with Crippen LogP contribution in [0.25, 0.3) is 10.2 Å². The Hall–Kier alpha value is -1.98. The number of hydrogen-bond acceptors (Lipinski definition) is 7. The van der Waals surface area contributed by atoms with Crippen molar-refractivity contribution in [2.45, 2.75) is 30.1 Å². The topological polar surface area (TPSA) is 73.8 Å². The lowest BCUT2D eigenvalue weighted by atomic mass is 9.94. The molecule has 1 aliphatic rings. The van der Waals surface area contributed by atoms with Crippen molar-refractivity contribution in [1.29, 1.82) is 0 Å². The zero-order valence-electron chi connectivity index (χ0n) is 21.5. The lowest BCUT2D eigenvalue weighted by Crippen LogP contribution is -2.42. The summed E-state index contributed by atoms with van der Waals surface area (Å²) in [5.74, 6) is 0.468. The second kappa shape index (κ2) is 11.2. The van der Waals surface area contributed by atoms with E-state index in [1.54, 1.807) is 45.2 Å². The first-order valence-electron chi connectivity index (χ1n) is 12.1. The van der Waals surface area contributed by atoms with Gasteiger partial charge in [-0.05, 0) is 75.0 Å². The lowest BCUT2D eigenvalue weighted by molar-refractivity contribution is 0.0985. The number of aromatic nitrogens is 1. The monoisotopic (exact) mass is 546 g/mol. The van der Waals surface area contributed by atoms with Crippen molar-refractivity contribution < 1.29 is 13.2 Å². The van der Waals surface area contributed by atoms with Gasteiger partial charge >= 0.3 is 0 Å². The second-order valence-corrected chi connectivity index (χ2v) is 13.7. The minimum Gasteiger partial charge on any atom is -0.308 e. The number of para-hydroxylation sites is 1. The Morgan fingerprint density at radius 2 is 1.75 bits per heavy atom. The second-order valence-electron chi connectivity index (χ2n) is 9.86. The van der Waals surface area contributed by atoms with E-state index in [-0.39, 0.29) is 10.8 Å². The van der Waals surface area contributed by atoms with E-state index >= 15 is 0 Å². The molecule has 0 spiro atoms. The molecular formula is C26H34N4O3S3. The number of carbonyl (C=O) groups is 1. The molecule has 0 radical (unpaired) electrons. The van der Waals surface area contributed by atoms with E-state index in [0.717, 1.165) is 21.5 Å². The number of anilines is 1. The third-order valence-corrected chi connectivity index (χ3v) is 10.1. The van der Waals surface area contributed by atoms with E-state index < -0.39 is 10.0 Å². The van der Waals surface area contributed by atoms with Crippen LogP contribution in [0.15, 0.2) is 52.3 Å². The third-order valence-electron chi connectivity index (χ3n) is 6.41. The Kier molecular flexibility index (Phi) is 8.41. The average molecular weight is 547 g/mol. The molecule has 0 bridgehead atoms. The van der Waals surface area contributed by atoms with E-state index in [4.69, 9.17) is 4.98 Å². The van der Waals surface area contributed by atoms with E-state index in [1.165, 1.54) is 11.3 Å². The highest BCUT2D eigenvalue weighted by Crippen LogP contribution is 2.35. The Labute approximate surface area is 222 Å². The highest BCUT2D eigenvalue weighted by atomic mass is 32.2. The van der Waals surface area contributed by atoms with Crippen LogP contribution in [0.1, 0.15) is 30.6 Å². The zero-order chi connectivity index (χ0) is 26.0. The maximum Gasteiger partial charge on any atom is 0.260 e. The fourth-order valence-electron chi connectivity index (χ4n) is 4.65. The molecule has 2 heterocycles. The molecule has 1 aliphatic heterocycles. The number of likely N-dealkylation sites (N-methyl/N-ethyl adjacent to an activating group) is 1. The van der Waals surface area contributed by atoms with Crippen molar-refractivity contribution in [3.05, 3.63) is 48.0 Å². The van der Waals surface area contributed by atoms with Gasteiger partial charge in [0, 0.05) is 36.6 Å². The molecule has 1 saturated heterocycles. The average Bonchev–Trinajstić information content (AvgIpc) is 3.27. The van der Waals surface area contributed by atoms with Gasteiger partial charge in [-0.2, -0.15) is 4.31 Å². The van der Waals surface area contributed by atoms with E-state index in [9.17, 15) is 13.2 Å². The molecule has 1 aromatic heterocycles. The molecule has 0 aliphatic carbocycles. The van der Waals surface area contributed by atoms with E-state index in [0.29, 0.717) is 48.7 Å². The summed E-state index contributed by atoms with van der Waals surface area (Å²) >= 11 is 3.13. The highest BCUT2D eigenvalue weighted by Gasteiger charge is 2.32. The van der Waals surface area contributed by atoms with Crippen LogP contribution >= 0.6 is 23.1 Å². The van der Waals surface area contributed by atoms with Gasteiger partial charge in [0.15, 0.2) is 5.13 Å². The first kappa shape index (κ1) is 27.1. The Morgan fingerprint density at radius 1 is 1.08 bits per heavy atom. The summed E-state index contributed by atoms with van der Waals surface area (Å²) in [6.45, 7) is 6.39. The highest BCUT2D eigenvalue weighted by molar-refractivity contribution is 7.98. The molecule has 7 nitrogen and oxygen atoms in total. The van der Waals surface area contributed by atoms with Gasteiger partial charge in [-0.15, -0.1) is 11.8 Å². The van der Waals surface area contributed by atoms with Gasteiger partial charge in [-0.3, -0.25) is 9.69 Å². The fourth-order valence-corrected chi connectivity index (χ4v) is 7.98. The van der Waals surface area contributed by atoms with Crippen molar-refractivity contribution >= 4 is 54.4 Å². The third kappa shape index (κ3) is 5.78. The Balaban J connectivity index is 1.62. The van der Waals surface area contributed by atoms with Crippen LogP contribution in [-0.2, 0) is 10.0 Å². The number of carbonyl (C=O) groups excluding carboxylic acids is 1. The minimum absolute atomic E-state index is 0.189. The zero-order valence-corrected chi connectivity index (χ0v) is 23.9. The number of benzene rings is 2. The fraction of sp³-hybridized carbons (Fsp3) is 0.462. The van der Waals surface area contributed by atoms with Gasteiger partial charge in [0.2, 0.25) is 10.0 Å². The summed E-state index contributed by atoms with van der Waals surface area (Å²) in [6, 6.07) is 12.4. The number of fused-ring (bicyclic) bond motifs is 1. The molecule has 0 N–H and O–H groups in total. The molecule has 2 aromatic carbocycles. The molecule has 2 atom stereocenters. The van der Waals surface area contributed by atoms with Crippen LogP contribution in [0.4, 0.5) is 5.13 Å². The summed E-state index contributed by atoms with van der Waals surface area (Å²) in [5, 5.41) is 0.645. The molecular weight excluding hydrogens is 513 g/mol. The summed E-state index contributed by atoms with van der Waals surface area (Å²) in [5.41, 5.74) is 1.34. The number of hydrogen-bond donors (Lipinski definition) is 0. The lowest BCUT2D eigenvalue weighted by Gasteiger charge is -2.34. The summed E-state index contributed by atoms with van der Waals surface area (Å²) < 4.78 is 29.1. The van der Waals surface area contributed by atoms with Crippen molar-refractivity contribution in [1.82, 2.24) is 14.2 Å². The van der Waals surface area contributed by atoms with Crippen LogP contribution in [0, 0.1) is 11.8 Å². The standard InChI is InChI=1S/C26H34N4O3S3/c1-18-15-19(2)17-29(16-18)36(32,33)21-11-9-20(10-12-21)25(31)30(14-13-28(3)4)26-27-24-22(34-5)7-6-8-23(24)35-26/h6-12,18-19H,13-17H2,1-5H3. The minimum atomic E-state index is -3.60. The van der Waals surface area contributed by atoms with Gasteiger partial charge in [-0.25, -0.2) is 13.4 Å². The van der Waals surface area contributed by atoms with Crippen molar-refractivity contribution in [3.8, 4) is 0 Å².